The fourth-order valence-corrected chi connectivity index (χ4v) is 5.34. The third-order valence-corrected chi connectivity index (χ3v) is 5.96. The molecule has 112 valence electrons. The van der Waals surface area contributed by atoms with Crippen LogP contribution >= 0.6 is 0 Å². The lowest BCUT2D eigenvalue weighted by Crippen LogP contribution is -2.33. The molecule has 1 aromatic rings. The zero-order chi connectivity index (χ0) is 14.4. The molecule has 2 bridgehead atoms. The highest BCUT2D eigenvalue weighted by atomic mass is 16.1. The van der Waals surface area contributed by atoms with Crippen LogP contribution in [0.15, 0.2) is 24.3 Å². The second-order valence-electron chi connectivity index (χ2n) is 7.17. The normalized spacial score (nSPS) is 36.5. The molecule has 0 radical (unpaired) electrons. The van der Waals surface area contributed by atoms with Crippen LogP contribution in [0.1, 0.15) is 39.0 Å². The van der Waals surface area contributed by atoms with Gasteiger partial charge in [-0.1, -0.05) is 12.5 Å². The quantitative estimate of drug-likeness (QED) is 0.884. The Labute approximate surface area is 126 Å². The number of nitrogens with one attached hydrogen (secondary N) is 2. The van der Waals surface area contributed by atoms with Gasteiger partial charge in [0.15, 0.2) is 0 Å². The summed E-state index contributed by atoms with van der Waals surface area (Å²) in [5, 5.41) is 6.61. The van der Waals surface area contributed by atoms with Gasteiger partial charge in [-0.05, 0) is 67.6 Å². The summed E-state index contributed by atoms with van der Waals surface area (Å²) in [6.45, 7) is 1.55. The average molecular weight is 284 g/mol. The van der Waals surface area contributed by atoms with Crippen molar-refractivity contribution in [1.82, 2.24) is 0 Å². The minimum Gasteiger partial charge on any atom is -0.382 e. The van der Waals surface area contributed by atoms with E-state index in [2.05, 4.69) is 22.8 Å². The maximum Gasteiger partial charge on any atom is 0.221 e. The zero-order valence-corrected chi connectivity index (χ0v) is 12.6. The van der Waals surface area contributed by atoms with Crippen LogP contribution in [0.2, 0.25) is 0 Å². The summed E-state index contributed by atoms with van der Waals surface area (Å²) < 4.78 is 0. The molecule has 4 rings (SSSR count). The van der Waals surface area contributed by atoms with Crippen molar-refractivity contribution in [2.45, 2.75) is 45.1 Å². The van der Waals surface area contributed by atoms with Gasteiger partial charge >= 0.3 is 0 Å². The smallest absolute Gasteiger partial charge is 0.221 e. The van der Waals surface area contributed by atoms with Crippen LogP contribution in [0.25, 0.3) is 0 Å². The van der Waals surface area contributed by atoms with E-state index in [9.17, 15) is 4.79 Å². The SMILES string of the molecule is CC(=O)Nc1cccc(NC2CC3CC2C2CCCC32)c1. The third-order valence-electron chi connectivity index (χ3n) is 5.96. The standard InChI is InChI=1S/C18H24N2O/c1-11(21)19-13-4-2-5-14(10-13)20-18-9-12-8-17(18)16-7-3-6-15(12)16/h2,4-5,10,12,15-18,20H,3,6-9H2,1H3,(H,19,21). The van der Waals surface area contributed by atoms with Crippen LogP contribution in [0.5, 0.6) is 0 Å². The summed E-state index contributed by atoms with van der Waals surface area (Å²) in [7, 11) is 0. The first-order valence-corrected chi connectivity index (χ1v) is 8.35. The molecular formula is C18H24N2O. The van der Waals surface area contributed by atoms with Crippen LogP contribution in [0.3, 0.4) is 0 Å². The Kier molecular flexibility index (Phi) is 3.16. The van der Waals surface area contributed by atoms with E-state index in [1.165, 1.54) is 32.1 Å². The lowest BCUT2D eigenvalue weighted by atomic mass is 9.79. The van der Waals surface area contributed by atoms with Crippen molar-refractivity contribution in [2.24, 2.45) is 23.7 Å². The summed E-state index contributed by atoms with van der Waals surface area (Å²) >= 11 is 0. The van der Waals surface area contributed by atoms with Gasteiger partial charge in [-0.15, -0.1) is 0 Å². The van der Waals surface area contributed by atoms with Crippen LogP contribution in [0.4, 0.5) is 11.4 Å². The number of hydrogen-bond acceptors (Lipinski definition) is 2. The third kappa shape index (κ3) is 2.33. The summed E-state index contributed by atoms with van der Waals surface area (Å²) in [5.74, 6) is 3.87. The lowest BCUT2D eigenvalue weighted by Gasteiger charge is -2.32. The summed E-state index contributed by atoms with van der Waals surface area (Å²) in [6.07, 6.45) is 7.17. The molecule has 3 aliphatic carbocycles. The Balaban J connectivity index is 1.46. The van der Waals surface area contributed by atoms with Crippen molar-refractivity contribution in [2.75, 3.05) is 10.6 Å². The molecule has 3 saturated carbocycles. The van der Waals surface area contributed by atoms with Gasteiger partial charge in [-0.3, -0.25) is 4.79 Å². The molecule has 0 aromatic heterocycles. The number of rotatable bonds is 3. The minimum absolute atomic E-state index is 0.0131. The first kappa shape index (κ1) is 13.2. The highest BCUT2D eigenvalue weighted by Crippen LogP contribution is 2.59. The minimum atomic E-state index is -0.0131. The van der Waals surface area contributed by atoms with Crippen LogP contribution in [-0.4, -0.2) is 11.9 Å². The fourth-order valence-electron chi connectivity index (χ4n) is 5.34. The first-order chi connectivity index (χ1) is 10.2. The molecule has 21 heavy (non-hydrogen) atoms. The Bertz CT molecular complexity index is 556. The van der Waals surface area contributed by atoms with Gasteiger partial charge in [0.25, 0.3) is 0 Å². The molecule has 3 heteroatoms. The molecule has 1 aromatic carbocycles. The Morgan fingerprint density at radius 1 is 1.10 bits per heavy atom. The van der Waals surface area contributed by atoms with E-state index < -0.39 is 0 Å². The molecule has 1 amide bonds. The number of benzene rings is 1. The van der Waals surface area contributed by atoms with Crippen molar-refractivity contribution >= 4 is 17.3 Å². The number of fused-ring (bicyclic) bond motifs is 5. The van der Waals surface area contributed by atoms with Crippen molar-refractivity contribution in [3.63, 3.8) is 0 Å². The van der Waals surface area contributed by atoms with Gasteiger partial charge in [0.1, 0.15) is 0 Å². The van der Waals surface area contributed by atoms with Crippen molar-refractivity contribution in [3.05, 3.63) is 24.3 Å². The van der Waals surface area contributed by atoms with Crippen LogP contribution in [-0.2, 0) is 4.79 Å². The number of anilines is 2. The van der Waals surface area contributed by atoms with Gasteiger partial charge in [-0.25, -0.2) is 0 Å². The van der Waals surface area contributed by atoms with E-state index in [0.717, 1.165) is 35.0 Å². The maximum atomic E-state index is 11.2. The Hall–Kier alpha value is -1.51. The molecule has 5 atom stereocenters. The van der Waals surface area contributed by atoms with Crippen LogP contribution < -0.4 is 10.6 Å². The van der Waals surface area contributed by atoms with E-state index in [4.69, 9.17) is 0 Å². The van der Waals surface area contributed by atoms with E-state index >= 15 is 0 Å². The van der Waals surface area contributed by atoms with E-state index in [0.29, 0.717) is 6.04 Å². The molecule has 5 unspecified atom stereocenters. The topological polar surface area (TPSA) is 41.1 Å². The van der Waals surface area contributed by atoms with E-state index in [-0.39, 0.29) is 5.91 Å². The first-order valence-electron chi connectivity index (χ1n) is 8.35. The molecule has 0 aliphatic heterocycles. The van der Waals surface area contributed by atoms with Crippen LogP contribution in [0, 0.1) is 23.7 Å². The van der Waals surface area contributed by atoms with Gasteiger partial charge < -0.3 is 10.6 Å². The molecule has 0 saturated heterocycles. The van der Waals surface area contributed by atoms with Gasteiger partial charge in [0.05, 0.1) is 0 Å². The maximum absolute atomic E-state index is 11.2. The number of amides is 1. The number of carbonyl (C=O) groups excluding carboxylic acids is 1. The largest absolute Gasteiger partial charge is 0.382 e. The Morgan fingerprint density at radius 3 is 2.76 bits per heavy atom. The van der Waals surface area contributed by atoms with Gasteiger partial charge in [0.2, 0.25) is 5.91 Å². The number of carbonyl (C=O) groups is 1. The predicted octanol–water partition coefficient (Wildman–Crippen LogP) is 3.88. The molecule has 3 fully saturated rings. The van der Waals surface area contributed by atoms with Crippen molar-refractivity contribution in [3.8, 4) is 0 Å². The second kappa shape index (κ2) is 5.04. The van der Waals surface area contributed by atoms with Gasteiger partial charge in [-0.2, -0.15) is 0 Å². The molecule has 3 nitrogen and oxygen atoms in total. The molecule has 0 heterocycles. The van der Waals surface area contributed by atoms with E-state index in [1.807, 2.05) is 12.1 Å². The average Bonchev–Trinajstić information content (AvgIpc) is 3.09. The molecule has 3 aliphatic rings. The van der Waals surface area contributed by atoms with E-state index in [1.54, 1.807) is 6.92 Å². The Morgan fingerprint density at radius 2 is 1.90 bits per heavy atom. The van der Waals surface area contributed by atoms with Gasteiger partial charge in [0, 0.05) is 24.3 Å². The fraction of sp³-hybridized carbons (Fsp3) is 0.611. The predicted molar refractivity (Wildman–Crippen MR) is 85.2 cm³/mol. The summed E-state index contributed by atoms with van der Waals surface area (Å²) in [5.41, 5.74) is 2.03. The highest BCUT2D eigenvalue weighted by Gasteiger charge is 2.53. The monoisotopic (exact) mass is 284 g/mol. The summed E-state index contributed by atoms with van der Waals surface area (Å²) in [4.78, 5) is 11.2. The molecular weight excluding hydrogens is 260 g/mol. The zero-order valence-electron chi connectivity index (χ0n) is 12.6. The highest BCUT2D eigenvalue weighted by molar-refractivity contribution is 5.89. The van der Waals surface area contributed by atoms with Crippen molar-refractivity contribution in [1.29, 1.82) is 0 Å². The summed E-state index contributed by atoms with van der Waals surface area (Å²) in [6, 6.07) is 8.77. The second-order valence-corrected chi connectivity index (χ2v) is 7.17. The number of hydrogen-bond donors (Lipinski definition) is 2. The lowest BCUT2D eigenvalue weighted by molar-refractivity contribution is -0.114. The van der Waals surface area contributed by atoms with Crippen molar-refractivity contribution < 1.29 is 4.79 Å². The molecule has 0 spiro atoms. The molecule has 2 N–H and O–H groups in total.